The predicted octanol–water partition coefficient (Wildman–Crippen LogP) is 3.69. The number of piperidine rings is 1. The van der Waals surface area contributed by atoms with Crippen LogP contribution in [-0.2, 0) is 0 Å². The fourth-order valence-corrected chi connectivity index (χ4v) is 6.08. The molecule has 1 aliphatic heterocycles. The number of nitrogens with zero attached hydrogens (tertiary/aromatic N) is 1. The Morgan fingerprint density at radius 3 is 1.82 bits per heavy atom. The summed E-state index contributed by atoms with van der Waals surface area (Å²) in [4.78, 5) is 2.82. The van der Waals surface area contributed by atoms with Crippen molar-refractivity contribution in [2.24, 2.45) is 23.2 Å². The lowest BCUT2D eigenvalue weighted by atomic mass is 9.49. The molecule has 1 heterocycles. The number of likely N-dealkylation sites (tertiary alicyclic amines) is 1. The average Bonchev–Trinajstić information content (AvgIpc) is 2.27. The van der Waals surface area contributed by atoms with Crippen LogP contribution in [0.25, 0.3) is 0 Å². The Hall–Kier alpha value is -0.0400. The molecule has 5 fully saturated rings. The maximum Gasteiger partial charge on any atom is 0.00383 e. The molecule has 4 saturated carbocycles. The van der Waals surface area contributed by atoms with E-state index in [4.69, 9.17) is 0 Å². The van der Waals surface area contributed by atoms with Gasteiger partial charge in [-0.1, -0.05) is 6.42 Å². The maximum absolute atomic E-state index is 2.82. The van der Waals surface area contributed by atoms with E-state index in [1.807, 2.05) is 0 Å². The highest BCUT2D eigenvalue weighted by atomic mass is 15.1. The van der Waals surface area contributed by atoms with Crippen LogP contribution in [0.2, 0.25) is 0 Å². The summed E-state index contributed by atoms with van der Waals surface area (Å²) in [7, 11) is 0. The molecule has 4 aliphatic carbocycles. The van der Waals surface area contributed by atoms with Gasteiger partial charge in [-0.25, -0.2) is 0 Å². The molecular weight excluding hydrogens is 206 g/mol. The number of hydrogen-bond acceptors (Lipinski definition) is 1. The van der Waals surface area contributed by atoms with Gasteiger partial charge >= 0.3 is 0 Å². The molecule has 4 bridgehead atoms. The van der Waals surface area contributed by atoms with Crippen molar-refractivity contribution in [3.05, 3.63) is 0 Å². The van der Waals surface area contributed by atoms with E-state index in [1.54, 1.807) is 38.5 Å². The molecule has 0 unspecified atom stereocenters. The van der Waals surface area contributed by atoms with Gasteiger partial charge in [0.2, 0.25) is 0 Å². The van der Waals surface area contributed by atoms with Crippen molar-refractivity contribution in [2.45, 2.75) is 57.8 Å². The van der Waals surface area contributed by atoms with Gasteiger partial charge in [-0.15, -0.1) is 0 Å². The van der Waals surface area contributed by atoms with Gasteiger partial charge in [0.1, 0.15) is 0 Å². The summed E-state index contributed by atoms with van der Waals surface area (Å²) in [6.07, 6.45) is 14.0. The average molecular weight is 233 g/mol. The van der Waals surface area contributed by atoms with Crippen LogP contribution in [0.1, 0.15) is 57.8 Å². The van der Waals surface area contributed by atoms with Crippen LogP contribution in [0.4, 0.5) is 0 Å². The first-order valence-electron chi connectivity index (χ1n) is 8.04. The Bertz CT molecular complexity index is 255. The highest BCUT2D eigenvalue weighted by Gasteiger charge is 2.51. The first-order valence-corrected chi connectivity index (χ1v) is 8.04. The van der Waals surface area contributed by atoms with Crippen LogP contribution in [0.5, 0.6) is 0 Å². The molecule has 0 amide bonds. The second-order valence-electron chi connectivity index (χ2n) is 7.75. The molecule has 96 valence electrons. The summed E-state index contributed by atoms with van der Waals surface area (Å²) in [6, 6.07) is 0. The molecule has 0 aromatic rings. The molecule has 1 heteroatoms. The number of hydrogen-bond donors (Lipinski definition) is 0. The summed E-state index contributed by atoms with van der Waals surface area (Å²) in [6.45, 7) is 4.28. The van der Waals surface area contributed by atoms with E-state index < -0.39 is 0 Å². The lowest BCUT2D eigenvalue weighted by Gasteiger charge is -2.58. The van der Waals surface area contributed by atoms with Crippen LogP contribution in [0.15, 0.2) is 0 Å². The Morgan fingerprint density at radius 2 is 1.29 bits per heavy atom. The molecule has 1 saturated heterocycles. The van der Waals surface area contributed by atoms with Crippen LogP contribution in [0.3, 0.4) is 0 Å². The third-order valence-corrected chi connectivity index (χ3v) is 6.17. The summed E-state index contributed by atoms with van der Waals surface area (Å²) in [5.41, 5.74) is 0.784. The Kier molecular flexibility index (Phi) is 2.54. The minimum atomic E-state index is 0.784. The van der Waals surface area contributed by atoms with E-state index in [0.29, 0.717) is 0 Å². The van der Waals surface area contributed by atoms with Crippen molar-refractivity contribution in [1.82, 2.24) is 4.90 Å². The van der Waals surface area contributed by atoms with Gasteiger partial charge in [-0.2, -0.15) is 0 Å². The highest BCUT2D eigenvalue weighted by Crippen LogP contribution is 2.60. The van der Waals surface area contributed by atoms with Crippen molar-refractivity contribution < 1.29 is 0 Å². The van der Waals surface area contributed by atoms with E-state index in [-0.39, 0.29) is 0 Å². The molecule has 0 radical (unpaired) electrons. The van der Waals surface area contributed by atoms with Crippen molar-refractivity contribution in [1.29, 1.82) is 0 Å². The Balaban J connectivity index is 1.48. The lowest BCUT2D eigenvalue weighted by molar-refractivity contribution is -0.0709. The smallest absolute Gasteiger partial charge is 0.00383 e. The first kappa shape index (κ1) is 10.8. The van der Waals surface area contributed by atoms with Crippen molar-refractivity contribution in [3.63, 3.8) is 0 Å². The lowest BCUT2D eigenvalue weighted by Crippen LogP contribution is -2.51. The largest absolute Gasteiger partial charge is 0.303 e. The SMILES string of the molecule is C1CCN(CC23CC4CC(CC(C4)C2)C3)CC1. The quantitative estimate of drug-likeness (QED) is 0.703. The number of rotatable bonds is 2. The van der Waals surface area contributed by atoms with Crippen LogP contribution >= 0.6 is 0 Å². The van der Waals surface area contributed by atoms with Crippen molar-refractivity contribution in [2.75, 3.05) is 19.6 Å². The summed E-state index contributed by atoms with van der Waals surface area (Å²) in [5, 5.41) is 0. The van der Waals surface area contributed by atoms with E-state index in [1.165, 1.54) is 38.9 Å². The molecule has 0 aromatic heterocycles. The molecular formula is C16H27N. The molecule has 0 N–H and O–H groups in total. The van der Waals surface area contributed by atoms with Gasteiger partial charge in [0.15, 0.2) is 0 Å². The van der Waals surface area contributed by atoms with Crippen LogP contribution in [0, 0.1) is 23.2 Å². The zero-order valence-electron chi connectivity index (χ0n) is 11.2. The minimum absolute atomic E-state index is 0.784. The molecule has 5 aliphatic rings. The van der Waals surface area contributed by atoms with E-state index in [0.717, 1.165) is 23.2 Å². The van der Waals surface area contributed by atoms with E-state index in [9.17, 15) is 0 Å². The molecule has 1 nitrogen and oxygen atoms in total. The van der Waals surface area contributed by atoms with Gasteiger partial charge in [-0.05, 0) is 87.6 Å². The molecule has 17 heavy (non-hydrogen) atoms. The second-order valence-corrected chi connectivity index (χ2v) is 7.75. The van der Waals surface area contributed by atoms with Crippen molar-refractivity contribution >= 4 is 0 Å². The normalized spacial score (nSPS) is 49.8. The molecule has 0 aromatic carbocycles. The second kappa shape index (κ2) is 3.98. The van der Waals surface area contributed by atoms with Gasteiger partial charge in [0.25, 0.3) is 0 Å². The third kappa shape index (κ3) is 1.95. The molecule has 0 atom stereocenters. The highest BCUT2D eigenvalue weighted by molar-refractivity contribution is 5.02. The van der Waals surface area contributed by atoms with E-state index >= 15 is 0 Å². The van der Waals surface area contributed by atoms with Crippen molar-refractivity contribution in [3.8, 4) is 0 Å². The van der Waals surface area contributed by atoms with E-state index in [2.05, 4.69) is 4.90 Å². The Labute approximate surface area is 106 Å². The molecule has 5 rings (SSSR count). The summed E-state index contributed by atoms with van der Waals surface area (Å²) in [5.74, 6) is 3.39. The zero-order valence-corrected chi connectivity index (χ0v) is 11.2. The van der Waals surface area contributed by atoms with Gasteiger partial charge in [0, 0.05) is 6.54 Å². The minimum Gasteiger partial charge on any atom is -0.303 e. The third-order valence-electron chi connectivity index (χ3n) is 6.17. The standard InChI is InChI=1S/C16H27N/c1-2-4-17(5-3-1)12-16-9-13-6-14(10-16)8-15(7-13)11-16/h13-15H,1-12H2. The fraction of sp³-hybridized carbons (Fsp3) is 1.00. The first-order chi connectivity index (χ1) is 8.31. The monoisotopic (exact) mass is 233 g/mol. The Morgan fingerprint density at radius 1 is 0.765 bits per heavy atom. The summed E-state index contributed by atoms with van der Waals surface area (Å²) < 4.78 is 0. The zero-order chi connectivity index (χ0) is 11.3. The van der Waals surface area contributed by atoms with Crippen LogP contribution in [-0.4, -0.2) is 24.5 Å². The van der Waals surface area contributed by atoms with Gasteiger partial charge in [-0.3, -0.25) is 0 Å². The summed E-state index contributed by atoms with van der Waals surface area (Å²) >= 11 is 0. The topological polar surface area (TPSA) is 3.24 Å². The van der Waals surface area contributed by atoms with Crippen LogP contribution < -0.4 is 0 Å². The van der Waals surface area contributed by atoms with Gasteiger partial charge < -0.3 is 4.90 Å². The molecule has 0 spiro atoms. The maximum atomic E-state index is 2.82. The fourth-order valence-electron chi connectivity index (χ4n) is 6.08. The predicted molar refractivity (Wildman–Crippen MR) is 70.9 cm³/mol. The van der Waals surface area contributed by atoms with Gasteiger partial charge in [0.05, 0.1) is 0 Å².